The van der Waals surface area contributed by atoms with Crippen molar-refractivity contribution in [3.63, 3.8) is 0 Å². The maximum absolute atomic E-state index is 13.7. The molecule has 2 amide bonds. The molecule has 2 unspecified atom stereocenters. The summed E-state index contributed by atoms with van der Waals surface area (Å²) in [5, 5.41) is 2.93. The van der Waals surface area contributed by atoms with Crippen LogP contribution in [0.3, 0.4) is 0 Å². The van der Waals surface area contributed by atoms with Crippen LogP contribution in [0.25, 0.3) is 11.0 Å². The van der Waals surface area contributed by atoms with E-state index in [1.807, 2.05) is 54.6 Å². The lowest BCUT2D eigenvalue weighted by Crippen LogP contribution is -2.44. The van der Waals surface area contributed by atoms with Crippen molar-refractivity contribution in [2.45, 2.75) is 12.0 Å². The molecule has 0 fully saturated rings. The van der Waals surface area contributed by atoms with Crippen molar-refractivity contribution >= 4 is 28.8 Å². The predicted octanol–water partition coefficient (Wildman–Crippen LogP) is 3.84. The number of fused-ring (bicyclic) bond motifs is 3. The van der Waals surface area contributed by atoms with Crippen molar-refractivity contribution in [2.75, 3.05) is 19.2 Å². The van der Waals surface area contributed by atoms with E-state index >= 15 is 0 Å². The molecule has 8 nitrogen and oxygen atoms in total. The molecule has 6 rings (SSSR count). The molecule has 2 N–H and O–H groups in total. The molecule has 0 radical (unpaired) electrons. The Morgan fingerprint density at radius 3 is 2.73 bits per heavy atom. The van der Waals surface area contributed by atoms with Crippen LogP contribution in [-0.4, -0.2) is 40.5 Å². The quantitative estimate of drug-likeness (QED) is 0.505. The first-order valence-electron chi connectivity index (χ1n) is 10.6. The van der Waals surface area contributed by atoms with Gasteiger partial charge in [0.1, 0.15) is 0 Å². The third-order valence-electron chi connectivity index (χ3n) is 6.23. The number of H-pyrrole nitrogens is 1. The fourth-order valence-electron chi connectivity index (χ4n) is 4.68. The minimum atomic E-state index is -0.655. The number of aromatic nitrogens is 2. The highest BCUT2D eigenvalue weighted by Gasteiger charge is 2.43. The summed E-state index contributed by atoms with van der Waals surface area (Å²) in [7, 11) is 1.72. The number of carbonyl (C=O) groups is 2. The monoisotopic (exact) mass is 440 g/mol. The van der Waals surface area contributed by atoms with E-state index in [0.717, 1.165) is 16.6 Å². The van der Waals surface area contributed by atoms with Gasteiger partial charge in [-0.2, -0.15) is 0 Å². The number of rotatable bonds is 3. The number of aromatic amines is 1. The molecular formula is C25H20N4O4. The lowest BCUT2D eigenvalue weighted by atomic mass is 9.79. The molecule has 164 valence electrons. The third kappa shape index (κ3) is 3.10. The molecule has 0 saturated heterocycles. The van der Waals surface area contributed by atoms with Gasteiger partial charge in [-0.1, -0.05) is 36.4 Å². The Morgan fingerprint density at radius 1 is 1.06 bits per heavy atom. The number of likely N-dealkylation sites (N-methyl/N-ethyl adjacent to an activating group) is 1. The number of nitrogens with zero attached hydrogens (tertiary/aromatic N) is 2. The largest absolute Gasteiger partial charge is 0.454 e. The van der Waals surface area contributed by atoms with Crippen LogP contribution in [-0.2, 0) is 4.79 Å². The van der Waals surface area contributed by atoms with E-state index in [0.29, 0.717) is 28.6 Å². The van der Waals surface area contributed by atoms with Gasteiger partial charge >= 0.3 is 0 Å². The first-order valence-corrected chi connectivity index (χ1v) is 10.6. The normalized spacial score (nSPS) is 18.9. The molecular weight excluding hydrogens is 420 g/mol. The van der Waals surface area contributed by atoms with Gasteiger partial charge < -0.3 is 19.4 Å². The molecule has 2 aliphatic rings. The lowest BCUT2D eigenvalue weighted by molar-refractivity contribution is -0.119. The number of imidazole rings is 1. The van der Waals surface area contributed by atoms with Crippen LogP contribution < -0.4 is 14.8 Å². The topological polar surface area (TPSA) is 96.6 Å². The van der Waals surface area contributed by atoms with Gasteiger partial charge in [0.05, 0.1) is 23.0 Å². The molecule has 0 spiro atoms. The fraction of sp³-hybridized carbons (Fsp3) is 0.160. The van der Waals surface area contributed by atoms with E-state index in [9.17, 15) is 9.59 Å². The van der Waals surface area contributed by atoms with Crippen molar-refractivity contribution in [3.8, 4) is 11.5 Å². The van der Waals surface area contributed by atoms with Crippen LogP contribution in [0.1, 0.15) is 33.4 Å². The molecule has 4 aromatic rings. The highest BCUT2D eigenvalue weighted by molar-refractivity contribution is 6.04. The second kappa shape index (κ2) is 7.37. The SMILES string of the molecule is CN1C(=O)c2ccccc2C(C(=O)Nc2nc3ccccc3[nH]2)C1c1ccc2c(c1)OCO2. The van der Waals surface area contributed by atoms with Crippen LogP contribution in [0.15, 0.2) is 66.7 Å². The van der Waals surface area contributed by atoms with Crippen LogP contribution in [0.4, 0.5) is 5.95 Å². The van der Waals surface area contributed by atoms with E-state index in [4.69, 9.17) is 9.47 Å². The summed E-state index contributed by atoms with van der Waals surface area (Å²) in [6.45, 7) is 0.150. The number of hydrogen-bond donors (Lipinski definition) is 2. The summed E-state index contributed by atoms with van der Waals surface area (Å²) in [5.41, 5.74) is 3.57. The molecule has 0 aliphatic carbocycles. The van der Waals surface area contributed by atoms with Gasteiger partial charge in [-0.05, 0) is 41.5 Å². The van der Waals surface area contributed by atoms with Crippen LogP contribution >= 0.6 is 0 Å². The van der Waals surface area contributed by atoms with Crippen molar-refractivity contribution in [1.82, 2.24) is 14.9 Å². The molecule has 33 heavy (non-hydrogen) atoms. The summed E-state index contributed by atoms with van der Waals surface area (Å²) < 4.78 is 11.0. The van der Waals surface area contributed by atoms with Gasteiger partial charge in [-0.15, -0.1) is 0 Å². The number of benzene rings is 3. The van der Waals surface area contributed by atoms with Crippen LogP contribution in [0.2, 0.25) is 0 Å². The Hall–Kier alpha value is -4.33. The standard InChI is InChI=1S/C25H20N4O4/c1-29-22(14-10-11-19-20(12-14)33-13-32-19)21(15-6-2-3-7-16(15)24(29)31)23(30)28-25-26-17-8-4-5-9-18(17)27-25/h2-12,21-22H,13H2,1H3,(H2,26,27,28,30). The molecule has 2 aliphatic heterocycles. The first kappa shape index (κ1) is 19.4. The molecule has 3 heterocycles. The van der Waals surface area contributed by atoms with Gasteiger partial charge in [0.15, 0.2) is 11.5 Å². The number of para-hydroxylation sites is 2. The zero-order valence-corrected chi connectivity index (χ0v) is 17.7. The van der Waals surface area contributed by atoms with Crippen LogP contribution in [0.5, 0.6) is 11.5 Å². The van der Waals surface area contributed by atoms with E-state index in [-0.39, 0.29) is 18.6 Å². The number of hydrogen-bond acceptors (Lipinski definition) is 5. The minimum absolute atomic E-state index is 0.138. The zero-order valence-electron chi connectivity index (χ0n) is 17.7. The number of ether oxygens (including phenoxy) is 2. The second-order valence-corrected chi connectivity index (χ2v) is 8.13. The van der Waals surface area contributed by atoms with Gasteiger partial charge in [0.25, 0.3) is 5.91 Å². The Morgan fingerprint density at radius 2 is 1.85 bits per heavy atom. The minimum Gasteiger partial charge on any atom is -0.454 e. The Balaban J connectivity index is 1.44. The Bertz CT molecular complexity index is 1380. The summed E-state index contributed by atoms with van der Waals surface area (Å²) in [6, 6.07) is 19.8. The molecule has 3 aromatic carbocycles. The molecule has 1 aromatic heterocycles. The summed E-state index contributed by atoms with van der Waals surface area (Å²) >= 11 is 0. The van der Waals surface area contributed by atoms with Gasteiger partial charge in [0, 0.05) is 12.6 Å². The lowest BCUT2D eigenvalue weighted by Gasteiger charge is -2.39. The van der Waals surface area contributed by atoms with Gasteiger partial charge in [-0.3, -0.25) is 14.9 Å². The average molecular weight is 440 g/mol. The average Bonchev–Trinajstić information content (AvgIpc) is 3.46. The van der Waals surface area contributed by atoms with E-state index in [1.165, 1.54) is 0 Å². The Kier molecular flexibility index (Phi) is 4.33. The summed E-state index contributed by atoms with van der Waals surface area (Å²) in [4.78, 5) is 36.1. The molecule has 0 saturated carbocycles. The molecule has 8 heteroatoms. The maximum Gasteiger partial charge on any atom is 0.254 e. The highest BCUT2D eigenvalue weighted by Crippen LogP contribution is 2.45. The summed E-state index contributed by atoms with van der Waals surface area (Å²) in [6.07, 6.45) is 0. The van der Waals surface area contributed by atoms with Crippen molar-refractivity contribution in [1.29, 1.82) is 0 Å². The number of anilines is 1. The first-order chi connectivity index (χ1) is 16.1. The number of carbonyl (C=O) groups excluding carboxylic acids is 2. The van der Waals surface area contributed by atoms with E-state index < -0.39 is 12.0 Å². The third-order valence-corrected chi connectivity index (χ3v) is 6.23. The van der Waals surface area contributed by atoms with Gasteiger partial charge in [0.2, 0.25) is 18.6 Å². The number of amides is 2. The van der Waals surface area contributed by atoms with Crippen molar-refractivity contribution in [3.05, 3.63) is 83.4 Å². The van der Waals surface area contributed by atoms with Gasteiger partial charge in [-0.25, -0.2) is 4.98 Å². The predicted molar refractivity (Wildman–Crippen MR) is 121 cm³/mol. The molecule has 2 atom stereocenters. The van der Waals surface area contributed by atoms with Crippen molar-refractivity contribution in [2.24, 2.45) is 0 Å². The second-order valence-electron chi connectivity index (χ2n) is 8.13. The maximum atomic E-state index is 13.7. The smallest absolute Gasteiger partial charge is 0.254 e. The fourth-order valence-corrected chi connectivity index (χ4v) is 4.68. The van der Waals surface area contributed by atoms with E-state index in [1.54, 1.807) is 24.1 Å². The van der Waals surface area contributed by atoms with Crippen LogP contribution in [0, 0.1) is 0 Å². The summed E-state index contributed by atoms with van der Waals surface area (Å²) in [5.74, 6) is 0.556. The number of nitrogens with one attached hydrogen (secondary N) is 2. The highest BCUT2D eigenvalue weighted by atomic mass is 16.7. The van der Waals surface area contributed by atoms with E-state index in [2.05, 4.69) is 15.3 Å². The van der Waals surface area contributed by atoms with Crippen molar-refractivity contribution < 1.29 is 19.1 Å². The molecule has 0 bridgehead atoms. The Labute approximate surface area is 189 Å². The zero-order chi connectivity index (χ0) is 22.5.